The lowest BCUT2D eigenvalue weighted by Gasteiger charge is -2.37. The first-order valence-corrected chi connectivity index (χ1v) is 10.3. The lowest BCUT2D eigenvalue weighted by molar-refractivity contribution is -0.130. The molecule has 2 aromatic rings. The molecule has 1 aliphatic rings. The summed E-state index contributed by atoms with van der Waals surface area (Å²) in [4.78, 5) is 21.1. The smallest absolute Gasteiger partial charge is 0.235 e. The molecule has 0 radical (unpaired) electrons. The second kappa shape index (κ2) is 8.72. The fourth-order valence-corrected chi connectivity index (χ4v) is 4.06. The SMILES string of the molecule is C[C@@H](SCc1ccc(Br)cc1)C(=O)N1CCN(c2ccncc2)CC1. The van der Waals surface area contributed by atoms with Crippen LogP contribution in [0.4, 0.5) is 5.69 Å². The Morgan fingerprint density at radius 2 is 1.76 bits per heavy atom. The van der Waals surface area contributed by atoms with E-state index < -0.39 is 0 Å². The molecule has 1 aromatic carbocycles. The fraction of sp³-hybridized carbons (Fsp3) is 0.368. The van der Waals surface area contributed by atoms with Crippen LogP contribution in [0.3, 0.4) is 0 Å². The van der Waals surface area contributed by atoms with Crippen molar-refractivity contribution in [2.45, 2.75) is 17.9 Å². The minimum absolute atomic E-state index is 0.0175. The van der Waals surface area contributed by atoms with Crippen molar-refractivity contribution < 1.29 is 4.79 Å². The number of hydrogen-bond acceptors (Lipinski definition) is 4. The zero-order chi connectivity index (χ0) is 17.6. The van der Waals surface area contributed by atoms with E-state index in [2.05, 4.69) is 37.9 Å². The first-order valence-electron chi connectivity index (χ1n) is 8.43. The molecule has 0 unspecified atom stereocenters. The molecule has 1 fully saturated rings. The normalized spacial score (nSPS) is 15.9. The number of anilines is 1. The van der Waals surface area contributed by atoms with E-state index in [0.717, 1.165) is 36.4 Å². The van der Waals surface area contributed by atoms with Crippen LogP contribution in [0, 0.1) is 0 Å². The van der Waals surface area contributed by atoms with Gasteiger partial charge in [0.05, 0.1) is 5.25 Å². The molecule has 0 N–H and O–H groups in total. The summed E-state index contributed by atoms with van der Waals surface area (Å²) in [5.74, 6) is 1.11. The van der Waals surface area contributed by atoms with Gasteiger partial charge < -0.3 is 9.80 Å². The molecule has 1 aliphatic heterocycles. The number of amides is 1. The highest BCUT2D eigenvalue weighted by Crippen LogP contribution is 2.22. The van der Waals surface area contributed by atoms with E-state index in [4.69, 9.17) is 0 Å². The molecule has 0 spiro atoms. The molecule has 1 atom stereocenters. The Hall–Kier alpha value is -1.53. The van der Waals surface area contributed by atoms with Crippen molar-refractivity contribution in [1.82, 2.24) is 9.88 Å². The standard InChI is InChI=1S/C19H22BrN3OS/c1-15(25-14-16-2-4-17(20)5-3-16)19(24)23-12-10-22(11-13-23)18-6-8-21-9-7-18/h2-9,15H,10-14H2,1H3/t15-/m1/s1. The number of carbonyl (C=O) groups excluding carboxylic acids is 1. The van der Waals surface area contributed by atoms with Gasteiger partial charge in [-0.2, -0.15) is 0 Å². The topological polar surface area (TPSA) is 36.4 Å². The first-order chi connectivity index (χ1) is 12.1. The van der Waals surface area contributed by atoms with Crippen LogP contribution < -0.4 is 4.90 Å². The lowest BCUT2D eigenvalue weighted by Crippen LogP contribution is -2.50. The number of rotatable bonds is 5. The molecule has 6 heteroatoms. The maximum absolute atomic E-state index is 12.7. The Morgan fingerprint density at radius 1 is 1.12 bits per heavy atom. The van der Waals surface area contributed by atoms with Crippen LogP contribution >= 0.6 is 27.7 Å². The third-order valence-corrected chi connectivity index (χ3v) is 6.11. The molecular weight excluding hydrogens is 398 g/mol. The van der Waals surface area contributed by atoms with E-state index in [9.17, 15) is 4.79 Å². The van der Waals surface area contributed by atoms with Crippen molar-refractivity contribution in [3.05, 3.63) is 58.8 Å². The summed E-state index contributed by atoms with van der Waals surface area (Å²) < 4.78 is 1.08. The maximum atomic E-state index is 12.7. The number of thioether (sulfide) groups is 1. The van der Waals surface area contributed by atoms with Gasteiger partial charge in [-0.3, -0.25) is 9.78 Å². The molecule has 0 saturated carbocycles. The average molecular weight is 420 g/mol. The first kappa shape index (κ1) is 18.3. The minimum atomic E-state index is -0.0175. The van der Waals surface area contributed by atoms with Crippen LogP contribution in [0.25, 0.3) is 0 Å². The molecule has 3 rings (SSSR count). The van der Waals surface area contributed by atoms with Crippen LogP contribution in [0.5, 0.6) is 0 Å². The molecule has 0 aliphatic carbocycles. The van der Waals surface area contributed by atoms with E-state index in [0.29, 0.717) is 0 Å². The zero-order valence-electron chi connectivity index (χ0n) is 14.3. The van der Waals surface area contributed by atoms with Crippen LogP contribution in [-0.4, -0.2) is 47.2 Å². The van der Waals surface area contributed by atoms with Crippen molar-refractivity contribution in [3.63, 3.8) is 0 Å². The number of nitrogens with zero attached hydrogens (tertiary/aromatic N) is 3. The second-order valence-electron chi connectivity index (χ2n) is 6.10. The number of benzene rings is 1. The highest BCUT2D eigenvalue weighted by atomic mass is 79.9. The number of carbonyl (C=O) groups is 1. The Bertz CT molecular complexity index is 688. The Kier molecular flexibility index (Phi) is 6.37. The van der Waals surface area contributed by atoms with E-state index in [1.165, 1.54) is 11.3 Å². The van der Waals surface area contributed by atoms with E-state index >= 15 is 0 Å². The molecule has 132 valence electrons. The summed E-state index contributed by atoms with van der Waals surface area (Å²) >= 11 is 5.15. The van der Waals surface area contributed by atoms with Gasteiger partial charge in [0.25, 0.3) is 0 Å². The predicted molar refractivity (Wildman–Crippen MR) is 108 cm³/mol. The average Bonchev–Trinajstić information content (AvgIpc) is 2.67. The molecular formula is C19H22BrN3OS. The molecule has 1 amide bonds. The second-order valence-corrected chi connectivity index (χ2v) is 8.34. The van der Waals surface area contributed by atoms with E-state index in [1.54, 1.807) is 11.8 Å². The maximum Gasteiger partial charge on any atom is 0.235 e. The summed E-state index contributed by atoms with van der Waals surface area (Å²) in [6, 6.07) is 12.3. The van der Waals surface area contributed by atoms with Gasteiger partial charge in [0.2, 0.25) is 5.91 Å². The summed E-state index contributed by atoms with van der Waals surface area (Å²) in [6.45, 7) is 5.33. The van der Waals surface area contributed by atoms with Gasteiger partial charge in [-0.25, -0.2) is 0 Å². The van der Waals surface area contributed by atoms with Crippen LogP contribution in [0.2, 0.25) is 0 Å². The third-order valence-electron chi connectivity index (χ3n) is 4.38. The van der Waals surface area contributed by atoms with Gasteiger partial charge in [-0.15, -0.1) is 11.8 Å². The molecule has 25 heavy (non-hydrogen) atoms. The number of pyridine rings is 1. The van der Waals surface area contributed by atoms with Crippen molar-refractivity contribution in [1.29, 1.82) is 0 Å². The van der Waals surface area contributed by atoms with Crippen LogP contribution in [0.15, 0.2) is 53.3 Å². The van der Waals surface area contributed by atoms with Crippen molar-refractivity contribution in [3.8, 4) is 0 Å². The molecule has 0 bridgehead atoms. The van der Waals surface area contributed by atoms with Gasteiger partial charge in [0, 0.05) is 54.5 Å². The number of hydrogen-bond donors (Lipinski definition) is 0. The minimum Gasteiger partial charge on any atom is -0.368 e. The van der Waals surface area contributed by atoms with Crippen LogP contribution in [-0.2, 0) is 10.5 Å². The summed E-state index contributed by atoms with van der Waals surface area (Å²) in [6.07, 6.45) is 3.63. The fourth-order valence-electron chi connectivity index (χ4n) is 2.87. The molecule has 4 nitrogen and oxygen atoms in total. The quantitative estimate of drug-likeness (QED) is 0.737. The third kappa shape index (κ3) is 4.98. The van der Waals surface area contributed by atoms with Gasteiger partial charge in [-0.05, 0) is 36.8 Å². The molecule has 1 aromatic heterocycles. The molecule has 2 heterocycles. The van der Waals surface area contributed by atoms with Gasteiger partial charge >= 0.3 is 0 Å². The van der Waals surface area contributed by atoms with Crippen molar-refractivity contribution in [2.24, 2.45) is 0 Å². The Labute approximate surface area is 161 Å². The van der Waals surface area contributed by atoms with Gasteiger partial charge in [0.15, 0.2) is 0 Å². The van der Waals surface area contributed by atoms with E-state index in [1.807, 2.05) is 48.5 Å². The number of piperazine rings is 1. The number of halogens is 1. The highest BCUT2D eigenvalue weighted by molar-refractivity contribution is 9.10. The lowest BCUT2D eigenvalue weighted by atomic mass is 10.2. The molecule has 1 saturated heterocycles. The van der Waals surface area contributed by atoms with Crippen LogP contribution in [0.1, 0.15) is 12.5 Å². The summed E-state index contributed by atoms with van der Waals surface area (Å²) in [5, 5.41) is -0.0175. The number of aromatic nitrogens is 1. The van der Waals surface area contributed by atoms with E-state index in [-0.39, 0.29) is 11.2 Å². The summed E-state index contributed by atoms with van der Waals surface area (Å²) in [5.41, 5.74) is 2.43. The monoisotopic (exact) mass is 419 g/mol. The predicted octanol–water partition coefficient (Wildman–Crippen LogP) is 3.81. The largest absolute Gasteiger partial charge is 0.368 e. The Morgan fingerprint density at radius 3 is 2.40 bits per heavy atom. The Balaban J connectivity index is 1.47. The summed E-state index contributed by atoms with van der Waals surface area (Å²) in [7, 11) is 0. The van der Waals surface area contributed by atoms with Crippen molar-refractivity contribution >= 4 is 39.3 Å². The van der Waals surface area contributed by atoms with Gasteiger partial charge in [0.1, 0.15) is 0 Å². The zero-order valence-corrected chi connectivity index (χ0v) is 16.7. The highest BCUT2D eigenvalue weighted by Gasteiger charge is 2.25. The van der Waals surface area contributed by atoms with Gasteiger partial charge in [-0.1, -0.05) is 28.1 Å². The van der Waals surface area contributed by atoms with Crippen molar-refractivity contribution in [2.75, 3.05) is 31.1 Å².